The molecular weight excluding hydrogens is 598 g/mol. The summed E-state index contributed by atoms with van der Waals surface area (Å²) >= 11 is 0. The fourth-order valence-electron chi connectivity index (χ4n) is 4.17. The quantitative estimate of drug-likeness (QED) is 0.180. The van der Waals surface area contributed by atoms with Crippen molar-refractivity contribution in [2.75, 3.05) is 18.9 Å². The van der Waals surface area contributed by atoms with E-state index in [-0.39, 0.29) is 11.6 Å². The molecule has 1 aliphatic heterocycles. The molecule has 1 aromatic carbocycles. The van der Waals surface area contributed by atoms with Crippen LogP contribution in [0, 0.1) is 5.41 Å². The summed E-state index contributed by atoms with van der Waals surface area (Å²) in [5.74, 6) is -0.886. The monoisotopic (exact) mass is 631 g/mol. The van der Waals surface area contributed by atoms with E-state index in [1.165, 1.54) is 36.8 Å². The molecule has 6 atom stereocenters. The van der Waals surface area contributed by atoms with Gasteiger partial charge in [0.25, 0.3) is 0 Å². The number of carbonyl (C=O) groups excluding carboxylic acids is 1. The van der Waals surface area contributed by atoms with Crippen molar-refractivity contribution in [1.82, 2.24) is 19.7 Å². The maximum Gasteiger partial charge on any atom is 0.459 e. The van der Waals surface area contributed by atoms with E-state index in [2.05, 4.69) is 15.2 Å². The molecule has 2 aromatic heterocycles. The molecule has 43 heavy (non-hydrogen) atoms. The van der Waals surface area contributed by atoms with Crippen LogP contribution in [0.5, 0.6) is 5.75 Å². The number of carbonyl (C=O) groups is 1. The summed E-state index contributed by atoms with van der Waals surface area (Å²) in [6.07, 6.45) is -7.57. The smallest absolute Gasteiger partial charge is 0.459 e. The maximum atomic E-state index is 13.9. The number of nitrogens with two attached hydrogens (primary N) is 1. The van der Waals surface area contributed by atoms with Gasteiger partial charge in [0.05, 0.1) is 17.7 Å². The van der Waals surface area contributed by atoms with E-state index in [9.17, 15) is 32.7 Å². The fraction of sp³-hybridized carbons (Fsp3) is 0.500. The van der Waals surface area contributed by atoms with E-state index < -0.39 is 68.5 Å². The number of hydrogen-bond acceptors (Lipinski definition) is 11. The minimum Gasteiger partial charge on any atom is -0.464 e. The Hall–Kier alpha value is -3.27. The number of ether oxygens (including phenoxy) is 2. The molecular formula is C26H33F3N5O8P. The number of aliphatic hydroxyl groups excluding tert-OH is 2. The highest BCUT2D eigenvalue weighted by Crippen LogP contribution is 2.48. The number of benzene rings is 1. The molecule has 1 saturated heterocycles. The van der Waals surface area contributed by atoms with Gasteiger partial charge in [-0.3, -0.25) is 9.32 Å². The number of para-hydroxylation sites is 1. The Morgan fingerprint density at radius 2 is 1.91 bits per heavy atom. The number of aromatic nitrogens is 3. The van der Waals surface area contributed by atoms with Crippen LogP contribution < -0.4 is 15.3 Å². The van der Waals surface area contributed by atoms with Crippen LogP contribution in [-0.2, 0) is 23.4 Å². The summed E-state index contributed by atoms with van der Waals surface area (Å²) < 4.78 is 76.9. The van der Waals surface area contributed by atoms with Gasteiger partial charge in [0, 0.05) is 0 Å². The largest absolute Gasteiger partial charge is 0.464 e. The summed E-state index contributed by atoms with van der Waals surface area (Å²) in [4.78, 5) is 16.5. The number of fused-ring (bicyclic) bond motifs is 1. The van der Waals surface area contributed by atoms with Crippen LogP contribution >= 0.6 is 7.75 Å². The molecule has 0 amide bonds. The van der Waals surface area contributed by atoms with E-state index in [1.807, 2.05) is 0 Å². The first-order chi connectivity index (χ1) is 20.0. The van der Waals surface area contributed by atoms with Gasteiger partial charge in [-0.15, -0.1) is 0 Å². The van der Waals surface area contributed by atoms with Gasteiger partial charge in [0.1, 0.15) is 54.2 Å². The zero-order chi connectivity index (χ0) is 31.8. The first kappa shape index (κ1) is 32.6. The molecule has 0 saturated carbocycles. The lowest BCUT2D eigenvalue weighted by atomic mass is 9.94. The van der Waals surface area contributed by atoms with Crippen LogP contribution in [0.1, 0.15) is 39.5 Å². The second-order valence-electron chi connectivity index (χ2n) is 11.0. The normalized spacial score (nSPS) is 24.9. The van der Waals surface area contributed by atoms with Crippen LogP contribution in [0.15, 0.2) is 48.8 Å². The highest BCUT2D eigenvalue weighted by Gasteiger charge is 2.54. The number of nitrogens with zero attached hydrogens (tertiary/aromatic N) is 3. The summed E-state index contributed by atoms with van der Waals surface area (Å²) in [7, 11) is -4.50. The zero-order valence-electron chi connectivity index (χ0n) is 23.7. The highest BCUT2D eigenvalue weighted by atomic mass is 31.2. The number of alkyl halides is 3. The van der Waals surface area contributed by atoms with Gasteiger partial charge in [-0.2, -0.15) is 23.4 Å². The molecule has 5 N–H and O–H groups in total. The van der Waals surface area contributed by atoms with Crippen molar-refractivity contribution in [3.05, 3.63) is 54.5 Å². The third kappa shape index (κ3) is 6.95. The topological polar surface area (TPSA) is 180 Å². The van der Waals surface area contributed by atoms with Crippen LogP contribution in [0.4, 0.5) is 19.0 Å². The van der Waals surface area contributed by atoms with Gasteiger partial charge in [-0.05, 0) is 52.0 Å². The number of nitrogen functional groups attached to an aromatic ring is 1. The Balaban J connectivity index is 1.51. The lowest BCUT2D eigenvalue weighted by molar-refractivity contribution is -0.226. The van der Waals surface area contributed by atoms with Crippen LogP contribution in [-0.4, -0.2) is 74.0 Å². The van der Waals surface area contributed by atoms with Crippen molar-refractivity contribution in [3.8, 4) is 5.75 Å². The Kier molecular flexibility index (Phi) is 9.12. The number of hydrogen-bond donors (Lipinski definition) is 4. The highest BCUT2D eigenvalue weighted by molar-refractivity contribution is 7.52. The summed E-state index contributed by atoms with van der Waals surface area (Å²) in [5, 5.41) is 28.3. The molecule has 0 aliphatic carbocycles. The number of rotatable bonds is 11. The molecule has 0 spiro atoms. The third-order valence-electron chi connectivity index (χ3n) is 7.00. The molecule has 1 unspecified atom stereocenters. The number of esters is 1. The lowest BCUT2D eigenvalue weighted by Crippen LogP contribution is -2.45. The van der Waals surface area contributed by atoms with Crippen molar-refractivity contribution in [2.24, 2.45) is 5.41 Å². The lowest BCUT2D eigenvalue weighted by Gasteiger charge is -2.31. The van der Waals surface area contributed by atoms with Gasteiger partial charge in [0.15, 0.2) is 5.82 Å². The predicted molar refractivity (Wildman–Crippen MR) is 146 cm³/mol. The van der Waals surface area contributed by atoms with Gasteiger partial charge < -0.3 is 29.9 Å². The van der Waals surface area contributed by atoms with Crippen LogP contribution in [0.2, 0.25) is 0 Å². The van der Waals surface area contributed by atoms with Gasteiger partial charge in [-0.25, -0.2) is 14.1 Å². The average Bonchev–Trinajstić information content (AvgIpc) is 3.46. The van der Waals surface area contributed by atoms with Gasteiger partial charge in [0.2, 0.25) is 0 Å². The predicted octanol–water partition coefficient (Wildman–Crippen LogP) is 3.18. The van der Waals surface area contributed by atoms with Crippen molar-refractivity contribution in [2.45, 2.75) is 63.8 Å². The van der Waals surface area contributed by atoms with Gasteiger partial charge >= 0.3 is 19.9 Å². The number of halogens is 3. The minimum absolute atomic E-state index is 0.0741. The van der Waals surface area contributed by atoms with Gasteiger partial charge in [-0.1, -0.05) is 18.2 Å². The third-order valence-corrected chi connectivity index (χ3v) is 8.62. The minimum atomic E-state index is -4.63. The molecule has 0 bridgehead atoms. The Labute approximate surface area is 244 Å². The molecule has 4 rings (SSSR count). The standard InChI is InChI=1S/C26H33F3N5O8P/c1-15(23(37)39-12-24(2,3)26(27,28)29)33-43(38,42-16-8-6-5-7-9-16)40-13-25(4)21(36)19(35)20(41-25)17-10-11-18-22(30)31-14-32-34(17)18/h5-11,14-15,19-21,35-36H,12-13H2,1-4H3,(H,33,38)(H2,30,31,32)/t15-,19-,20-,21-,25+,43?/m0/s1. The fourth-order valence-corrected chi connectivity index (χ4v) is 5.76. The second kappa shape index (κ2) is 12.0. The summed E-state index contributed by atoms with van der Waals surface area (Å²) in [6.45, 7) is 2.76. The molecule has 1 aliphatic rings. The average molecular weight is 632 g/mol. The molecule has 236 valence electrons. The van der Waals surface area contributed by atoms with E-state index in [0.29, 0.717) is 11.2 Å². The second-order valence-corrected chi connectivity index (χ2v) is 12.7. The summed E-state index contributed by atoms with van der Waals surface area (Å²) in [6, 6.07) is 9.51. The van der Waals surface area contributed by atoms with E-state index in [0.717, 1.165) is 13.8 Å². The first-order valence-electron chi connectivity index (χ1n) is 13.1. The number of anilines is 1. The number of aliphatic hydroxyl groups is 2. The molecule has 3 heterocycles. The molecule has 13 nitrogen and oxygen atoms in total. The molecule has 3 aromatic rings. The Bertz CT molecular complexity index is 1490. The Morgan fingerprint density at radius 3 is 2.56 bits per heavy atom. The molecule has 17 heteroatoms. The van der Waals surface area contributed by atoms with Crippen molar-refractivity contribution < 1.29 is 51.3 Å². The molecule has 1 fully saturated rings. The van der Waals surface area contributed by atoms with E-state index in [4.69, 9.17) is 24.3 Å². The van der Waals surface area contributed by atoms with Crippen molar-refractivity contribution in [1.29, 1.82) is 0 Å². The van der Waals surface area contributed by atoms with Crippen molar-refractivity contribution in [3.63, 3.8) is 0 Å². The summed E-state index contributed by atoms with van der Waals surface area (Å²) in [5.41, 5.74) is 2.68. The SMILES string of the molecule is C[C@H](NP(=O)(OC[C@@]1(C)O[C@@H](c2ccc3c(N)ncnn23)[C@H](O)[C@@H]1O)Oc1ccccc1)C(=O)OCC(C)(C)C(F)(F)F. The number of nitrogens with one attached hydrogen (secondary N) is 1. The molecule has 0 radical (unpaired) electrons. The first-order valence-corrected chi connectivity index (χ1v) is 14.6. The zero-order valence-corrected chi connectivity index (χ0v) is 24.6. The van der Waals surface area contributed by atoms with Crippen LogP contribution in [0.25, 0.3) is 5.52 Å². The van der Waals surface area contributed by atoms with Crippen LogP contribution in [0.3, 0.4) is 0 Å². The Morgan fingerprint density at radius 1 is 1.23 bits per heavy atom. The van der Waals surface area contributed by atoms with Crippen molar-refractivity contribution >= 4 is 25.1 Å². The van der Waals surface area contributed by atoms with E-state index in [1.54, 1.807) is 30.3 Å². The van der Waals surface area contributed by atoms with E-state index >= 15 is 0 Å². The maximum absolute atomic E-state index is 13.9.